The fourth-order valence-corrected chi connectivity index (χ4v) is 3.17. The lowest BCUT2D eigenvalue weighted by Gasteiger charge is -2.20. The molecule has 0 bridgehead atoms. The van der Waals surface area contributed by atoms with E-state index in [2.05, 4.69) is 23.5 Å². The number of rotatable bonds is 5. The summed E-state index contributed by atoms with van der Waals surface area (Å²) in [4.78, 5) is 0. The van der Waals surface area contributed by atoms with Gasteiger partial charge in [0.1, 0.15) is 9.84 Å². The topological polar surface area (TPSA) is 46.2 Å². The Morgan fingerprint density at radius 1 is 1.22 bits per heavy atom. The third-order valence-corrected chi connectivity index (χ3v) is 4.43. The minimum atomic E-state index is -2.84. The summed E-state index contributed by atoms with van der Waals surface area (Å²) in [5.41, 5.74) is 4.08. The van der Waals surface area contributed by atoms with E-state index < -0.39 is 9.84 Å². The minimum Gasteiger partial charge on any atom is -0.385 e. The van der Waals surface area contributed by atoms with Crippen molar-refractivity contribution >= 4 is 15.5 Å². The van der Waals surface area contributed by atoms with Gasteiger partial charge in [-0.25, -0.2) is 8.42 Å². The Hall–Kier alpha value is -1.03. The molecule has 0 saturated heterocycles. The van der Waals surface area contributed by atoms with Crippen molar-refractivity contribution in [2.45, 2.75) is 32.1 Å². The van der Waals surface area contributed by atoms with Gasteiger partial charge in [0.05, 0.1) is 5.75 Å². The first-order chi connectivity index (χ1) is 8.56. The van der Waals surface area contributed by atoms with E-state index in [0.29, 0.717) is 6.42 Å². The third kappa shape index (κ3) is 3.73. The average molecular weight is 267 g/mol. The number of nitrogens with one attached hydrogen (secondary N) is 1. The van der Waals surface area contributed by atoms with Gasteiger partial charge in [0.25, 0.3) is 0 Å². The maximum Gasteiger partial charge on any atom is 0.147 e. The first-order valence-corrected chi connectivity index (χ1v) is 8.65. The van der Waals surface area contributed by atoms with Gasteiger partial charge in [-0.1, -0.05) is 12.1 Å². The molecule has 1 N–H and O–H groups in total. The van der Waals surface area contributed by atoms with Crippen molar-refractivity contribution in [1.29, 1.82) is 0 Å². The van der Waals surface area contributed by atoms with Crippen LogP contribution in [0.15, 0.2) is 18.2 Å². The van der Waals surface area contributed by atoms with Crippen LogP contribution in [0.2, 0.25) is 0 Å². The maximum absolute atomic E-state index is 11.0. The van der Waals surface area contributed by atoms with Crippen molar-refractivity contribution in [3.05, 3.63) is 29.3 Å². The van der Waals surface area contributed by atoms with E-state index in [0.717, 1.165) is 13.0 Å². The molecule has 0 aromatic heterocycles. The molecule has 3 nitrogen and oxygen atoms in total. The van der Waals surface area contributed by atoms with Gasteiger partial charge >= 0.3 is 0 Å². The van der Waals surface area contributed by atoms with Gasteiger partial charge in [-0.2, -0.15) is 0 Å². The quantitative estimate of drug-likeness (QED) is 0.833. The third-order valence-electron chi connectivity index (χ3n) is 3.40. The molecule has 0 spiro atoms. The normalized spacial score (nSPS) is 15.2. The summed E-state index contributed by atoms with van der Waals surface area (Å²) in [6, 6.07) is 6.39. The van der Waals surface area contributed by atoms with Gasteiger partial charge in [-0.15, -0.1) is 0 Å². The Morgan fingerprint density at radius 2 is 2.00 bits per heavy atom. The molecular weight excluding hydrogens is 246 g/mol. The van der Waals surface area contributed by atoms with Crippen molar-refractivity contribution in [2.75, 3.05) is 23.9 Å². The Morgan fingerprint density at radius 3 is 2.78 bits per heavy atom. The van der Waals surface area contributed by atoms with Crippen LogP contribution in [-0.4, -0.2) is 27.0 Å². The molecule has 0 fully saturated rings. The van der Waals surface area contributed by atoms with Crippen molar-refractivity contribution in [1.82, 2.24) is 0 Å². The molecule has 18 heavy (non-hydrogen) atoms. The fraction of sp³-hybridized carbons (Fsp3) is 0.571. The molecule has 4 heteroatoms. The van der Waals surface area contributed by atoms with Crippen molar-refractivity contribution < 1.29 is 8.42 Å². The Kier molecular flexibility index (Phi) is 4.27. The summed E-state index contributed by atoms with van der Waals surface area (Å²) in [7, 11) is -2.84. The fourth-order valence-electron chi connectivity index (χ4n) is 2.50. The predicted molar refractivity (Wildman–Crippen MR) is 75.9 cm³/mol. The highest BCUT2D eigenvalue weighted by atomic mass is 32.2. The van der Waals surface area contributed by atoms with E-state index in [9.17, 15) is 8.42 Å². The first-order valence-electron chi connectivity index (χ1n) is 6.58. The SMILES string of the molecule is CS(=O)(=O)CCCNc1cccc2c1CCCC2. The Balaban J connectivity index is 1.93. The minimum absolute atomic E-state index is 0.259. The van der Waals surface area contributed by atoms with E-state index in [1.165, 1.54) is 42.3 Å². The number of sulfone groups is 1. The van der Waals surface area contributed by atoms with Gasteiger partial charge in [0.15, 0.2) is 0 Å². The predicted octanol–water partition coefficient (Wildman–Crippen LogP) is 2.41. The summed E-state index contributed by atoms with van der Waals surface area (Å²) in [6.45, 7) is 0.726. The van der Waals surface area contributed by atoms with Crippen LogP contribution in [0.1, 0.15) is 30.4 Å². The van der Waals surface area contributed by atoms with Crippen LogP contribution in [0, 0.1) is 0 Å². The molecule has 0 saturated carbocycles. The molecule has 1 aromatic rings. The molecule has 0 atom stereocenters. The Bertz CT molecular complexity index is 509. The van der Waals surface area contributed by atoms with Gasteiger partial charge < -0.3 is 5.32 Å². The zero-order valence-electron chi connectivity index (χ0n) is 10.9. The lowest BCUT2D eigenvalue weighted by Crippen LogP contribution is -2.12. The first kappa shape index (κ1) is 13.4. The highest BCUT2D eigenvalue weighted by Gasteiger charge is 2.12. The molecule has 0 aliphatic heterocycles. The molecular formula is C14H21NO2S. The van der Waals surface area contributed by atoms with Crippen LogP contribution in [0.3, 0.4) is 0 Å². The average Bonchev–Trinajstić information content (AvgIpc) is 2.33. The Labute approximate surface area is 110 Å². The molecule has 2 rings (SSSR count). The summed E-state index contributed by atoms with van der Waals surface area (Å²) in [5.74, 6) is 0.259. The van der Waals surface area contributed by atoms with E-state index >= 15 is 0 Å². The second-order valence-electron chi connectivity index (χ2n) is 5.06. The summed E-state index contributed by atoms with van der Waals surface area (Å²) >= 11 is 0. The van der Waals surface area contributed by atoms with Gasteiger partial charge in [-0.3, -0.25) is 0 Å². The maximum atomic E-state index is 11.0. The van der Waals surface area contributed by atoms with Crippen LogP contribution in [-0.2, 0) is 22.7 Å². The van der Waals surface area contributed by atoms with Gasteiger partial charge in [0.2, 0.25) is 0 Å². The molecule has 0 amide bonds. The van der Waals surface area contributed by atoms with Gasteiger partial charge in [0, 0.05) is 18.5 Å². The smallest absolute Gasteiger partial charge is 0.147 e. The number of anilines is 1. The molecule has 1 aromatic carbocycles. The number of benzene rings is 1. The number of hydrogen-bond donors (Lipinski definition) is 1. The molecule has 1 aliphatic rings. The van der Waals surface area contributed by atoms with Crippen LogP contribution >= 0.6 is 0 Å². The van der Waals surface area contributed by atoms with E-state index in [1.807, 2.05) is 0 Å². The molecule has 0 heterocycles. The zero-order valence-corrected chi connectivity index (χ0v) is 11.7. The molecule has 0 unspecified atom stereocenters. The molecule has 0 radical (unpaired) electrons. The zero-order chi connectivity index (χ0) is 13.0. The molecule has 1 aliphatic carbocycles. The molecule has 100 valence electrons. The van der Waals surface area contributed by atoms with Crippen LogP contribution in [0.25, 0.3) is 0 Å². The second kappa shape index (κ2) is 5.74. The summed E-state index contributed by atoms with van der Waals surface area (Å²) < 4.78 is 22.1. The number of aryl methyl sites for hydroxylation is 1. The standard InChI is InChI=1S/C14H21NO2S/c1-18(16,17)11-5-10-15-14-9-4-7-12-6-2-3-8-13(12)14/h4,7,9,15H,2-3,5-6,8,10-11H2,1H3. The van der Waals surface area contributed by atoms with Crippen molar-refractivity contribution in [2.24, 2.45) is 0 Å². The summed E-state index contributed by atoms with van der Waals surface area (Å²) in [5, 5.41) is 3.38. The highest BCUT2D eigenvalue weighted by molar-refractivity contribution is 7.90. The number of hydrogen-bond acceptors (Lipinski definition) is 3. The lowest BCUT2D eigenvalue weighted by atomic mass is 9.90. The van der Waals surface area contributed by atoms with E-state index in [1.54, 1.807) is 0 Å². The highest BCUT2D eigenvalue weighted by Crippen LogP contribution is 2.27. The van der Waals surface area contributed by atoms with Gasteiger partial charge in [-0.05, 0) is 49.3 Å². The summed E-state index contributed by atoms with van der Waals surface area (Å²) in [6.07, 6.45) is 6.82. The van der Waals surface area contributed by atoms with E-state index in [-0.39, 0.29) is 5.75 Å². The lowest BCUT2D eigenvalue weighted by molar-refractivity contribution is 0.600. The monoisotopic (exact) mass is 267 g/mol. The van der Waals surface area contributed by atoms with Crippen molar-refractivity contribution in [3.63, 3.8) is 0 Å². The largest absolute Gasteiger partial charge is 0.385 e. The number of fused-ring (bicyclic) bond motifs is 1. The van der Waals surface area contributed by atoms with Crippen LogP contribution < -0.4 is 5.32 Å². The van der Waals surface area contributed by atoms with Crippen LogP contribution in [0.4, 0.5) is 5.69 Å². The van der Waals surface area contributed by atoms with E-state index in [4.69, 9.17) is 0 Å². The van der Waals surface area contributed by atoms with Crippen LogP contribution in [0.5, 0.6) is 0 Å². The second-order valence-corrected chi connectivity index (χ2v) is 7.32. The van der Waals surface area contributed by atoms with Crippen molar-refractivity contribution in [3.8, 4) is 0 Å².